The summed E-state index contributed by atoms with van der Waals surface area (Å²) in [5.41, 5.74) is 0.360. The van der Waals surface area contributed by atoms with Gasteiger partial charge >= 0.3 is 0 Å². The van der Waals surface area contributed by atoms with Crippen molar-refractivity contribution in [3.63, 3.8) is 0 Å². The van der Waals surface area contributed by atoms with Crippen molar-refractivity contribution in [3.05, 3.63) is 18.1 Å². The van der Waals surface area contributed by atoms with Gasteiger partial charge in [0.2, 0.25) is 0 Å². The van der Waals surface area contributed by atoms with Gasteiger partial charge < -0.3 is 10.6 Å². The Morgan fingerprint density at radius 2 is 2.31 bits per heavy atom. The van der Waals surface area contributed by atoms with Crippen LogP contribution in [0.5, 0.6) is 0 Å². The molecule has 0 aromatic carbocycles. The van der Waals surface area contributed by atoms with Gasteiger partial charge in [-0.05, 0) is 19.4 Å². The topological polar surface area (TPSA) is 73.6 Å². The average molecular weight is 217 g/mol. The standard InChI is InChI=1S/C11H15N5/c12-7-10-11(15-6-5-14-10)16-8-9-3-1-2-4-13-9/h5-6,9,13H,1-4,8H2,(H,15,16). The summed E-state index contributed by atoms with van der Waals surface area (Å²) in [4.78, 5) is 8.06. The van der Waals surface area contributed by atoms with E-state index < -0.39 is 0 Å². The van der Waals surface area contributed by atoms with Crippen LogP contribution < -0.4 is 10.6 Å². The maximum Gasteiger partial charge on any atom is 0.182 e. The molecule has 0 aliphatic carbocycles. The summed E-state index contributed by atoms with van der Waals surface area (Å²) in [5.74, 6) is 0.581. The second-order valence-corrected chi connectivity index (χ2v) is 3.89. The lowest BCUT2D eigenvalue weighted by Gasteiger charge is -2.23. The molecule has 1 aliphatic rings. The minimum absolute atomic E-state index is 0.360. The number of piperidine rings is 1. The number of hydrogen-bond donors (Lipinski definition) is 2. The van der Waals surface area contributed by atoms with Gasteiger partial charge in [0.05, 0.1) is 0 Å². The van der Waals surface area contributed by atoms with E-state index in [-0.39, 0.29) is 0 Å². The Bertz CT molecular complexity index is 378. The fourth-order valence-electron chi connectivity index (χ4n) is 1.87. The van der Waals surface area contributed by atoms with Crippen molar-refractivity contribution in [1.82, 2.24) is 15.3 Å². The average Bonchev–Trinajstić information content (AvgIpc) is 2.38. The molecule has 1 atom stereocenters. The highest BCUT2D eigenvalue weighted by molar-refractivity contribution is 5.46. The van der Waals surface area contributed by atoms with E-state index in [0.29, 0.717) is 17.6 Å². The van der Waals surface area contributed by atoms with E-state index in [9.17, 15) is 0 Å². The molecule has 1 aliphatic heterocycles. The number of aromatic nitrogens is 2. The molecule has 0 amide bonds. The third-order valence-corrected chi connectivity index (χ3v) is 2.73. The van der Waals surface area contributed by atoms with Crippen molar-refractivity contribution in [2.24, 2.45) is 0 Å². The number of nitrogens with one attached hydrogen (secondary N) is 2. The Balaban J connectivity index is 1.91. The summed E-state index contributed by atoms with van der Waals surface area (Å²) in [5, 5.41) is 15.5. The molecular weight excluding hydrogens is 202 g/mol. The van der Waals surface area contributed by atoms with E-state index >= 15 is 0 Å². The molecule has 2 rings (SSSR count). The minimum atomic E-state index is 0.360. The zero-order chi connectivity index (χ0) is 11.2. The normalized spacial score (nSPS) is 20.1. The molecule has 2 N–H and O–H groups in total. The Labute approximate surface area is 94.9 Å². The summed E-state index contributed by atoms with van der Waals surface area (Å²) in [6.07, 6.45) is 6.82. The molecule has 1 saturated heterocycles. The molecule has 1 unspecified atom stereocenters. The molecule has 5 heteroatoms. The molecule has 0 spiro atoms. The molecule has 2 heterocycles. The molecule has 0 saturated carbocycles. The van der Waals surface area contributed by atoms with Crippen LogP contribution in [0, 0.1) is 11.3 Å². The lowest BCUT2D eigenvalue weighted by Crippen LogP contribution is -2.39. The van der Waals surface area contributed by atoms with Crippen LogP contribution in [0.4, 0.5) is 5.82 Å². The van der Waals surface area contributed by atoms with Gasteiger partial charge in [0.15, 0.2) is 11.5 Å². The molecule has 0 bridgehead atoms. The van der Waals surface area contributed by atoms with Gasteiger partial charge in [-0.3, -0.25) is 0 Å². The summed E-state index contributed by atoms with van der Waals surface area (Å²) in [6, 6.07) is 2.50. The van der Waals surface area contributed by atoms with Crippen molar-refractivity contribution >= 4 is 5.82 Å². The molecular formula is C11H15N5. The summed E-state index contributed by atoms with van der Waals surface area (Å²) < 4.78 is 0. The van der Waals surface area contributed by atoms with Gasteiger partial charge in [-0.1, -0.05) is 6.42 Å². The first kappa shape index (κ1) is 10.8. The lowest BCUT2D eigenvalue weighted by atomic mass is 10.1. The van der Waals surface area contributed by atoms with Crippen LogP contribution in [0.25, 0.3) is 0 Å². The monoisotopic (exact) mass is 217 g/mol. The molecule has 1 aromatic rings. The quantitative estimate of drug-likeness (QED) is 0.787. The lowest BCUT2D eigenvalue weighted by molar-refractivity contribution is 0.414. The maximum atomic E-state index is 8.85. The van der Waals surface area contributed by atoms with Crippen molar-refractivity contribution in [1.29, 1.82) is 5.26 Å². The Hall–Kier alpha value is -1.67. The van der Waals surface area contributed by atoms with Gasteiger partial charge in [0.25, 0.3) is 0 Å². The summed E-state index contributed by atoms with van der Waals surface area (Å²) >= 11 is 0. The molecule has 5 nitrogen and oxygen atoms in total. The minimum Gasteiger partial charge on any atom is -0.366 e. The van der Waals surface area contributed by atoms with Crippen LogP contribution in [0.3, 0.4) is 0 Å². The maximum absolute atomic E-state index is 8.85. The first-order valence-electron chi connectivity index (χ1n) is 5.58. The van der Waals surface area contributed by atoms with Crippen LogP contribution in [0.15, 0.2) is 12.4 Å². The molecule has 84 valence electrons. The van der Waals surface area contributed by atoms with Crippen LogP contribution in [-0.4, -0.2) is 29.1 Å². The van der Waals surface area contributed by atoms with E-state index in [1.54, 1.807) is 6.20 Å². The van der Waals surface area contributed by atoms with E-state index in [1.807, 2.05) is 6.07 Å². The molecule has 1 fully saturated rings. The number of nitrogens with zero attached hydrogens (tertiary/aromatic N) is 3. The highest BCUT2D eigenvalue weighted by atomic mass is 15.1. The van der Waals surface area contributed by atoms with Gasteiger partial charge in [-0.2, -0.15) is 5.26 Å². The van der Waals surface area contributed by atoms with Crippen LogP contribution in [0.2, 0.25) is 0 Å². The molecule has 1 aromatic heterocycles. The van der Waals surface area contributed by atoms with E-state index in [0.717, 1.165) is 13.1 Å². The smallest absolute Gasteiger partial charge is 0.182 e. The predicted molar refractivity (Wildman–Crippen MR) is 60.9 cm³/mol. The zero-order valence-electron chi connectivity index (χ0n) is 9.11. The van der Waals surface area contributed by atoms with E-state index in [1.165, 1.54) is 25.5 Å². The third-order valence-electron chi connectivity index (χ3n) is 2.73. The first-order valence-corrected chi connectivity index (χ1v) is 5.58. The number of hydrogen-bond acceptors (Lipinski definition) is 5. The molecule has 16 heavy (non-hydrogen) atoms. The Morgan fingerprint density at radius 3 is 3.06 bits per heavy atom. The highest BCUT2D eigenvalue weighted by Crippen LogP contribution is 2.10. The van der Waals surface area contributed by atoms with Crippen molar-refractivity contribution < 1.29 is 0 Å². The van der Waals surface area contributed by atoms with Gasteiger partial charge in [-0.15, -0.1) is 0 Å². The summed E-state index contributed by atoms with van der Waals surface area (Å²) in [6.45, 7) is 1.88. The van der Waals surface area contributed by atoms with E-state index in [4.69, 9.17) is 5.26 Å². The fourth-order valence-corrected chi connectivity index (χ4v) is 1.87. The summed E-state index contributed by atoms with van der Waals surface area (Å²) in [7, 11) is 0. The highest BCUT2D eigenvalue weighted by Gasteiger charge is 2.13. The van der Waals surface area contributed by atoms with Crippen LogP contribution >= 0.6 is 0 Å². The fraction of sp³-hybridized carbons (Fsp3) is 0.545. The number of rotatable bonds is 3. The Kier molecular flexibility index (Phi) is 3.67. The zero-order valence-corrected chi connectivity index (χ0v) is 9.11. The van der Waals surface area contributed by atoms with Crippen molar-refractivity contribution in [2.75, 3.05) is 18.4 Å². The van der Waals surface area contributed by atoms with Crippen molar-refractivity contribution in [3.8, 4) is 6.07 Å². The van der Waals surface area contributed by atoms with Gasteiger partial charge in [0, 0.05) is 25.0 Å². The van der Waals surface area contributed by atoms with Crippen LogP contribution in [-0.2, 0) is 0 Å². The third kappa shape index (κ3) is 2.67. The van der Waals surface area contributed by atoms with Gasteiger partial charge in [-0.25, -0.2) is 9.97 Å². The second-order valence-electron chi connectivity index (χ2n) is 3.89. The Morgan fingerprint density at radius 1 is 1.44 bits per heavy atom. The predicted octanol–water partition coefficient (Wildman–Crippen LogP) is 0.902. The largest absolute Gasteiger partial charge is 0.366 e. The molecule has 0 radical (unpaired) electrons. The number of anilines is 1. The SMILES string of the molecule is N#Cc1nccnc1NCC1CCCCN1. The number of nitriles is 1. The van der Waals surface area contributed by atoms with Gasteiger partial charge in [0.1, 0.15) is 6.07 Å². The van der Waals surface area contributed by atoms with Crippen LogP contribution in [0.1, 0.15) is 25.0 Å². The van der Waals surface area contributed by atoms with E-state index in [2.05, 4.69) is 20.6 Å². The second kappa shape index (κ2) is 5.42. The van der Waals surface area contributed by atoms with Crippen molar-refractivity contribution in [2.45, 2.75) is 25.3 Å². The first-order chi connectivity index (χ1) is 7.90.